The average Bonchev–Trinajstić information content (AvgIpc) is 2.75. The molecule has 1 N–H and O–H groups in total. The lowest BCUT2D eigenvalue weighted by molar-refractivity contribution is -0.115. The highest BCUT2D eigenvalue weighted by Gasteiger charge is 2.17. The number of rotatable bonds is 5. The van der Waals surface area contributed by atoms with Gasteiger partial charge in [-0.1, -0.05) is 48.9 Å². The quantitative estimate of drug-likeness (QED) is 0.664. The molecular weight excluding hydrogens is 372 g/mol. The molecule has 5 heteroatoms. The molecule has 0 aliphatic carbocycles. The molecule has 30 heavy (non-hydrogen) atoms. The van der Waals surface area contributed by atoms with Crippen molar-refractivity contribution in [2.24, 2.45) is 5.92 Å². The minimum atomic E-state index is -0.0201. The summed E-state index contributed by atoms with van der Waals surface area (Å²) in [6.07, 6.45) is 2.78. The summed E-state index contributed by atoms with van der Waals surface area (Å²) in [5.41, 5.74) is 4.78. The van der Waals surface area contributed by atoms with E-state index in [0.29, 0.717) is 6.42 Å². The maximum absolute atomic E-state index is 12.3. The van der Waals surface area contributed by atoms with Crippen molar-refractivity contribution in [3.8, 4) is 11.3 Å². The normalized spacial score (nSPS) is 14.5. The van der Waals surface area contributed by atoms with Crippen LogP contribution in [0.25, 0.3) is 11.3 Å². The Morgan fingerprint density at radius 2 is 1.80 bits per heavy atom. The lowest BCUT2D eigenvalue weighted by Crippen LogP contribution is -2.33. The van der Waals surface area contributed by atoms with Crippen LogP contribution in [0.4, 0.5) is 11.5 Å². The molecule has 1 saturated heterocycles. The number of hydrogen-bond donors (Lipinski definition) is 1. The Bertz CT molecular complexity index is 990. The third-order valence-electron chi connectivity index (χ3n) is 5.67. The van der Waals surface area contributed by atoms with E-state index in [0.717, 1.165) is 52.9 Å². The highest BCUT2D eigenvalue weighted by Crippen LogP contribution is 2.24. The first-order valence-corrected chi connectivity index (χ1v) is 10.6. The van der Waals surface area contributed by atoms with Crippen molar-refractivity contribution in [2.75, 3.05) is 23.3 Å². The first kappa shape index (κ1) is 20.1. The number of benzene rings is 2. The van der Waals surface area contributed by atoms with E-state index in [9.17, 15) is 4.79 Å². The van der Waals surface area contributed by atoms with Crippen LogP contribution in [0.2, 0.25) is 0 Å². The minimum absolute atomic E-state index is 0.0201. The Balaban J connectivity index is 1.36. The van der Waals surface area contributed by atoms with Crippen LogP contribution in [-0.4, -0.2) is 29.2 Å². The molecule has 1 aliphatic rings. The fourth-order valence-electron chi connectivity index (χ4n) is 3.82. The first-order valence-electron chi connectivity index (χ1n) is 10.6. The lowest BCUT2D eigenvalue weighted by Gasteiger charge is -2.30. The SMILES string of the molecule is Cc1cccc(CC(=O)Nc2ccc(-c3ccc(N4CCC(C)CC4)nn3)cc2)c1. The Morgan fingerprint density at radius 3 is 2.47 bits per heavy atom. The number of amides is 1. The number of anilines is 2. The van der Waals surface area contributed by atoms with E-state index in [1.54, 1.807) is 0 Å². The standard InChI is InChI=1S/C25H28N4O/c1-18-12-14-29(15-13-18)24-11-10-23(27-28-24)21-6-8-22(9-7-21)26-25(30)17-20-5-3-4-19(2)16-20/h3-11,16,18H,12-15,17H2,1-2H3,(H,26,30). The molecule has 0 unspecified atom stereocenters. The van der Waals surface area contributed by atoms with Crippen molar-refractivity contribution in [1.82, 2.24) is 10.2 Å². The lowest BCUT2D eigenvalue weighted by atomic mass is 9.99. The summed E-state index contributed by atoms with van der Waals surface area (Å²) < 4.78 is 0. The molecule has 1 amide bonds. The Morgan fingerprint density at radius 1 is 1.03 bits per heavy atom. The molecule has 0 bridgehead atoms. The number of nitrogens with one attached hydrogen (secondary N) is 1. The molecule has 0 atom stereocenters. The molecule has 1 aliphatic heterocycles. The fourth-order valence-corrected chi connectivity index (χ4v) is 3.82. The highest BCUT2D eigenvalue weighted by molar-refractivity contribution is 5.92. The third-order valence-corrected chi connectivity index (χ3v) is 5.67. The van der Waals surface area contributed by atoms with Crippen LogP contribution in [0, 0.1) is 12.8 Å². The zero-order chi connectivity index (χ0) is 20.9. The van der Waals surface area contributed by atoms with Gasteiger partial charge in [-0.3, -0.25) is 4.79 Å². The van der Waals surface area contributed by atoms with Gasteiger partial charge in [-0.25, -0.2) is 0 Å². The number of piperidine rings is 1. The van der Waals surface area contributed by atoms with Crippen molar-refractivity contribution < 1.29 is 4.79 Å². The van der Waals surface area contributed by atoms with E-state index < -0.39 is 0 Å². The first-order chi connectivity index (χ1) is 14.6. The molecule has 1 fully saturated rings. The summed E-state index contributed by atoms with van der Waals surface area (Å²) >= 11 is 0. The second-order valence-corrected chi connectivity index (χ2v) is 8.24. The predicted octanol–water partition coefficient (Wildman–Crippen LogP) is 4.87. The van der Waals surface area contributed by atoms with Crippen LogP contribution < -0.4 is 10.2 Å². The van der Waals surface area contributed by atoms with Gasteiger partial charge in [0.25, 0.3) is 0 Å². The van der Waals surface area contributed by atoms with Gasteiger partial charge in [0.2, 0.25) is 5.91 Å². The largest absolute Gasteiger partial charge is 0.355 e. The summed E-state index contributed by atoms with van der Waals surface area (Å²) in [6.45, 7) is 6.43. The van der Waals surface area contributed by atoms with E-state index in [1.165, 1.54) is 12.8 Å². The van der Waals surface area contributed by atoms with Gasteiger partial charge in [0, 0.05) is 24.3 Å². The Hall–Kier alpha value is -3.21. The van der Waals surface area contributed by atoms with Gasteiger partial charge in [-0.15, -0.1) is 10.2 Å². The summed E-state index contributed by atoms with van der Waals surface area (Å²) in [5, 5.41) is 11.8. The van der Waals surface area contributed by atoms with Gasteiger partial charge in [0.15, 0.2) is 5.82 Å². The third kappa shape index (κ3) is 5.03. The molecule has 2 heterocycles. The van der Waals surface area contributed by atoms with Gasteiger partial charge in [-0.05, 0) is 55.5 Å². The smallest absolute Gasteiger partial charge is 0.228 e. The summed E-state index contributed by atoms with van der Waals surface area (Å²) in [7, 11) is 0. The molecule has 1 aromatic heterocycles. The number of carbonyl (C=O) groups excluding carboxylic acids is 1. The fraction of sp³-hybridized carbons (Fsp3) is 0.320. The Kier molecular flexibility index (Phi) is 6.07. The zero-order valence-electron chi connectivity index (χ0n) is 17.6. The van der Waals surface area contributed by atoms with Crippen molar-refractivity contribution >= 4 is 17.4 Å². The second-order valence-electron chi connectivity index (χ2n) is 8.24. The Labute approximate surface area is 178 Å². The second kappa shape index (κ2) is 9.08. The monoisotopic (exact) mass is 400 g/mol. The minimum Gasteiger partial charge on any atom is -0.355 e. The van der Waals surface area contributed by atoms with E-state index >= 15 is 0 Å². The van der Waals surface area contributed by atoms with Crippen LogP contribution in [0.3, 0.4) is 0 Å². The zero-order valence-corrected chi connectivity index (χ0v) is 17.6. The number of aryl methyl sites for hydroxylation is 1. The highest BCUT2D eigenvalue weighted by atomic mass is 16.1. The molecule has 0 saturated carbocycles. The maximum Gasteiger partial charge on any atom is 0.228 e. The van der Waals surface area contributed by atoms with Crippen LogP contribution in [0.1, 0.15) is 30.9 Å². The van der Waals surface area contributed by atoms with E-state index in [4.69, 9.17) is 0 Å². The van der Waals surface area contributed by atoms with Crippen LogP contribution in [-0.2, 0) is 11.2 Å². The average molecular weight is 401 g/mol. The van der Waals surface area contributed by atoms with Gasteiger partial charge in [0.1, 0.15) is 0 Å². The van der Waals surface area contributed by atoms with E-state index in [-0.39, 0.29) is 5.91 Å². The maximum atomic E-state index is 12.3. The van der Waals surface area contributed by atoms with Gasteiger partial charge >= 0.3 is 0 Å². The number of carbonyl (C=O) groups is 1. The van der Waals surface area contributed by atoms with E-state index in [2.05, 4.69) is 33.4 Å². The molecule has 0 spiro atoms. The summed E-state index contributed by atoms with van der Waals surface area (Å²) in [5.74, 6) is 1.73. The van der Waals surface area contributed by atoms with Gasteiger partial charge in [0.05, 0.1) is 12.1 Å². The summed E-state index contributed by atoms with van der Waals surface area (Å²) in [4.78, 5) is 14.6. The number of aromatic nitrogens is 2. The molecule has 4 rings (SSSR count). The molecule has 5 nitrogen and oxygen atoms in total. The molecule has 0 radical (unpaired) electrons. The predicted molar refractivity (Wildman–Crippen MR) is 122 cm³/mol. The number of nitrogens with zero attached hydrogens (tertiary/aromatic N) is 3. The van der Waals surface area contributed by atoms with Gasteiger partial charge < -0.3 is 10.2 Å². The van der Waals surface area contributed by atoms with Crippen molar-refractivity contribution in [3.63, 3.8) is 0 Å². The van der Waals surface area contributed by atoms with Crippen molar-refractivity contribution in [3.05, 3.63) is 71.8 Å². The molecule has 154 valence electrons. The van der Waals surface area contributed by atoms with E-state index in [1.807, 2.05) is 61.5 Å². The van der Waals surface area contributed by atoms with Gasteiger partial charge in [-0.2, -0.15) is 0 Å². The molecule has 2 aromatic carbocycles. The number of hydrogen-bond acceptors (Lipinski definition) is 4. The van der Waals surface area contributed by atoms with Crippen molar-refractivity contribution in [1.29, 1.82) is 0 Å². The van der Waals surface area contributed by atoms with Crippen LogP contribution in [0.5, 0.6) is 0 Å². The van der Waals surface area contributed by atoms with Crippen LogP contribution in [0.15, 0.2) is 60.7 Å². The molecular formula is C25H28N4O. The molecule has 3 aromatic rings. The van der Waals surface area contributed by atoms with Crippen LogP contribution >= 0.6 is 0 Å². The topological polar surface area (TPSA) is 58.1 Å². The van der Waals surface area contributed by atoms with Crippen molar-refractivity contribution in [2.45, 2.75) is 33.1 Å². The summed E-state index contributed by atoms with van der Waals surface area (Å²) in [6, 6.07) is 19.8.